The number of carboxylic acid groups (broad SMARTS) is 4. The summed E-state index contributed by atoms with van der Waals surface area (Å²) >= 11 is 0. The maximum atomic E-state index is 10.9. The molecule has 212 valence electrons. The largest absolute Gasteiger partial charge is 2.00 e. The number of benzene rings is 1. The van der Waals surface area contributed by atoms with Crippen molar-refractivity contribution in [1.82, 2.24) is 0 Å². The van der Waals surface area contributed by atoms with Crippen molar-refractivity contribution < 1.29 is 56.7 Å². The molecule has 0 spiro atoms. The first-order valence-electron chi connectivity index (χ1n) is 11.9. The van der Waals surface area contributed by atoms with Gasteiger partial charge in [-0.05, 0) is 65.4 Å². The molecular weight excluding hydrogens is 600 g/mol. The fourth-order valence-corrected chi connectivity index (χ4v) is 4.08. The first-order chi connectivity index (χ1) is 20.1. The van der Waals surface area contributed by atoms with Crippen LogP contribution in [0.3, 0.4) is 0 Å². The van der Waals surface area contributed by atoms with Crippen LogP contribution in [-0.4, -0.2) is 67.2 Å². The molecule has 0 fully saturated rings. The van der Waals surface area contributed by atoms with E-state index in [1.165, 1.54) is 0 Å². The molecule has 8 bridgehead atoms. The van der Waals surface area contributed by atoms with Crippen molar-refractivity contribution in [3.05, 3.63) is 130 Å². The number of rotatable bonds is 4. The molecule has 0 atom stereocenters. The van der Waals surface area contributed by atoms with Crippen LogP contribution in [0.15, 0.2) is 116 Å². The van der Waals surface area contributed by atoms with Gasteiger partial charge in [0, 0.05) is 11.3 Å². The summed E-state index contributed by atoms with van der Waals surface area (Å²) < 4.78 is 0. The molecule has 4 N–H and O–H groups in total. The minimum absolute atomic E-state index is 0. The molecule has 43 heavy (non-hydrogen) atoms. The van der Waals surface area contributed by atoms with Gasteiger partial charge < -0.3 is 30.2 Å². The zero-order valence-corrected chi connectivity index (χ0v) is 22.6. The van der Waals surface area contributed by atoms with Crippen LogP contribution in [0.1, 0.15) is 41.4 Å². The van der Waals surface area contributed by atoms with Crippen LogP contribution in [0.4, 0.5) is 0 Å². The Morgan fingerprint density at radius 3 is 1.51 bits per heavy atom. The monoisotopic (exact) mass is 616 g/mol. The summed E-state index contributed by atoms with van der Waals surface area (Å²) in [7, 11) is 0. The Kier molecular flexibility index (Phi) is 8.70. The van der Waals surface area contributed by atoms with Gasteiger partial charge in [-0.3, -0.25) is 19.6 Å². The fourth-order valence-electron chi connectivity index (χ4n) is 4.08. The second-order valence-corrected chi connectivity index (χ2v) is 8.72. The summed E-state index contributed by atoms with van der Waals surface area (Å²) in [5.41, 5.74) is 2.92. The van der Waals surface area contributed by atoms with Crippen LogP contribution in [-0.2, 0) is 17.1 Å². The molecule has 0 unspecified atom stereocenters. The van der Waals surface area contributed by atoms with Crippen LogP contribution in [0, 0.1) is 12.1 Å². The van der Waals surface area contributed by atoms with Crippen LogP contribution >= 0.6 is 0 Å². The summed E-state index contributed by atoms with van der Waals surface area (Å²) in [5.74, 6) is -7.11. The SMILES string of the molecule is O=C(O)c1[c-]cc(C(=O)O)c(C(=O)O)c1C(=O)O.[C-]1=CC2=NC1=CC1=NC(=CC3=NC(=CC4=NC(=C2)C=C4)C=C3)C=C1.[Fe+2]. The summed E-state index contributed by atoms with van der Waals surface area (Å²) in [6.45, 7) is 0. The van der Waals surface area contributed by atoms with E-state index >= 15 is 0 Å². The maximum absolute atomic E-state index is 10.9. The van der Waals surface area contributed by atoms with Crippen molar-refractivity contribution in [2.45, 2.75) is 0 Å². The van der Waals surface area contributed by atoms with Crippen molar-refractivity contribution in [3.63, 3.8) is 0 Å². The van der Waals surface area contributed by atoms with E-state index in [-0.39, 0.29) is 17.1 Å². The Hall–Kier alpha value is -5.78. The molecule has 0 aliphatic carbocycles. The molecule has 1 aromatic carbocycles. The molecule has 5 aliphatic rings. The number of carbonyl (C=O) groups is 4. The molecule has 5 aliphatic heterocycles. The van der Waals surface area contributed by atoms with Gasteiger partial charge in [0.25, 0.3) is 11.9 Å². The third-order valence-electron chi connectivity index (χ3n) is 5.84. The van der Waals surface area contributed by atoms with E-state index in [2.05, 4.69) is 26.0 Å². The summed E-state index contributed by atoms with van der Waals surface area (Å²) in [4.78, 5) is 61.6. The number of nitrogens with zero attached hydrogens (tertiary/aromatic N) is 4. The second kappa shape index (κ2) is 12.4. The van der Waals surface area contributed by atoms with Crippen molar-refractivity contribution in [3.8, 4) is 0 Å². The van der Waals surface area contributed by atoms with E-state index in [0.29, 0.717) is 6.07 Å². The van der Waals surface area contributed by atoms with Crippen molar-refractivity contribution >= 4 is 46.7 Å². The Bertz CT molecular complexity index is 1640. The van der Waals surface area contributed by atoms with E-state index in [9.17, 15) is 19.2 Å². The third kappa shape index (κ3) is 6.76. The van der Waals surface area contributed by atoms with Crippen molar-refractivity contribution in [2.75, 3.05) is 0 Å². The van der Waals surface area contributed by atoms with E-state index in [1.807, 2.05) is 72.9 Å². The molecule has 1 aromatic rings. The van der Waals surface area contributed by atoms with Gasteiger partial charge in [0.15, 0.2) is 0 Å². The Morgan fingerprint density at radius 2 is 1.05 bits per heavy atom. The fraction of sp³-hybridized carbons (Fsp3) is 0. The minimum Gasteiger partial charge on any atom is -0.521 e. The summed E-state index contributed by atoms with van der Waals surface area (Å²) in [6.07, 6.45) is 24.7. The summed E-state index contributed by atoms with van der Waals surface area (Å²) in [5, 5.41) is 35.1. The molecule has 6 rings (SSSR count). The van der Waals surface area contributed by atoms with Crippen LogP contribution < -0.4 is 0 Å². The third-order valence-corrected chi connectivity index (χ3v) is 5.84. The van der Waals surface area contributed by atoms with E-state index in [0.717, 1.165) is 45.6 Å². The van der Waals surface area contributed by atoms with Crippen LogP contribution in [0.5, 0.6) is 0 Å². The molecule has 0 aromatic heterocycles. The first kappa shape index (κ1) is 30.2. The zero-order valence-electron chi connectivity index (χ0n) is 21.5. The number of fused-ring (bicyclic) bond motifs is 4. The van der Waals surface area contributed by atoms with E-state index in [4.69, 9.17) is 20.4 Å². The van der Waals surface area contributed by atoms with Gasteiger partial charge in [-0.1, -0.05) is 17.3 Å². The maximum Gasteiger partial charge on any atom is 2.00 e. The predicted molar refractivity (Wildman–Crippen MR) is 150 cm³/mol. The number of carboxylic acids is 4. The molecule has 0 saturated carbocycles. The Labute approximate surface area is 253 Å². The van der Waals surface area contributed by atoms with Crippen molar-refractivity contribution in [1.29, 1.82) is 0 Å². The Morgan fingerprint density at radius 1 is 0.558 bits per heavy atom. The second-order valence-electron chi connectivity index (χ2n) is 8.72. The molecule has 13 heteroatoms. The van der Waals surface area contributed by atoms with E-state index < -0.39 is 46.1 Å². The molecule has 5 heterocycles. The number of allylic oxidation sites excluding steroid dienone is 12. The normalized spacial score (nSPS) is 16.7. The average Bonchev–Trinajstić information content (AvgIpc) is 3.74. The van der Waals surface area contributed by atoms with Crippen LogP contribution in [0.2, 0.25) is 0 Å². The molecule has 0 amide bonds. The minimum atomic E-state index is -1.86. The van der Waals surface area contributed by atoms with Gasteiger partial charge >= 0.3 is 23.0 Å². The van der Waals surface area contributed by atoms with Crippen LogP contribution in [0.25, 0.3) is 0 Å². The van der Waals surface area contributed by atoms with Gasteiger partial charge in [0.05, 0.1) is 28.5 Å². The number of hydrogen-bond donors (Lipinski definition) is 4. The van der Waals surface area contributed by atoms with Gasteiger partial charge in [-0.2, -0.15) is 6.08 Å². The van der Waals surface area contributed by atoms with Gasteiger partial charge in [-0.25, -0.2) is 9.79 Å². The van der Waals surface area contributed by atoms with Crippen molar-refractivity contribution in [2.24, 2.45) is 20.0 Å². The zero-order chi connectivity index (χ0) is 30.0. The van der Waals surface area contributed by atoms with Gasteiger partial charge in [-0.15, -0.1) is 24.3 Å². The summed E-state index contributed by atoms with van der Waals surface area (Å²) in [6, 6.07) is 2.55. The topological polar surface area (TPSA) is 199 Å². The number of aromatic carboxylic acids is 4. The standard InChI is InChI=1S/C20H11N4.C10H5O8.Fe/c1-2-14-10-16-5-6-18(23-16)12-20-8-7-19(24-20)11-17-4-3-15(22-17)9-13(1)21-14;11-7(12)3-1-2-4(8(13)14)6(10(17)18)5(3)9(15)16;/h1-7,9-12H;1H,(H,11,12)(H,13,14)(H,15,16)(H,17,18);/q2*-1;+2. The molecular formula is C30H16FeN4O8. The molecule has 0 radical (unpaired) electrons. The number of hydrogen-bond acceptors (Lipinski definition) is 8. The number of aliphatic imine (C=N–C) groups is 4. The Balaban J connectivity index is 0.000000202. The van der Waals surface area contributed by atoms with Gasteiger partial charge in [0.2, 0.25) is 5.97 Å². The van der Waals surface area contributed by atoms with E-state index in [1.54, 1.807) is 0 Å². The first-order valence-corrected chi connectivity index (χ1v) is 11.9. The average molecular weight is 616 g/mol. The molecule has 0 saturated heterocycles. The predicted octanol–water partition coefficient (Wildman–Crippen LogP) is 3.66. The molecule has 12 nitrogen and oxygen atoms in total. The van der Waals surface area contributed by atoms with Gasteiger partial charge in [0.1, 0.15) is 0 Å². The quantitative estimate of drug-likeness (QED) is 0.290. The smallest absolute Gasteiger partial charge is 0.521 e.